The number of amides is 1. The van der Waals surface area contributed by atoms with Gasteiger partial charge in [0.2, 0.25) is 0 Å². The average Bonchev–Trinajstić information content (AvgIpc) is 2.92. The van der Waals surface area contributed by atoms with Crippen molar-refractivity contribution in [2.75, 3.05) is 7.11 Å². The molecule has 2 aromatic carbocycles. The predicted octanol–water partition coefficient (Wildman–Crippen LogP) is 5.83. The first-order chi connectivity index (χ1) is 12.9. The van der Waals surface area contributed by atoms with Gasteiger partial charge in [-0.1, -0.05) is 53.2 Å². The van der Waals surface area contributed by atoms with Crippen LogP contribution in [0.2, 0.25) is 10.0 Å². The van der Waals surface area contributed by atoms with Gasteiger partial charge in [-0.15, -0.1) is 0 Å². The van der Waals surface area contributed by atoms with Gasteiger partial charge in [0.05, 0.1) is 16.5 Å². The molecular formula is C18H12BrCl2NO3S2. The van der Waals surface area contributed by atoms with Gasteiger partial charge in [-0.2, -0.15) is 0 Å². The van der Waals surface area contributed by atoms with Crippen molar-refractivity contribution in [3.63, 3.8) is 0 Å². The molecular weight excluding hydrogens is 493 g/mol. The normalized spacial score (nSPS) is 15.2. The number of methoxy groups -OCH3 is 1. The molecule has 0 radical (unpaired) electrons. The quantitative estimate of drug-likeness (QED) is 0.410. The summed E-state index contributed by atoms with van der Waals surface area (Å²) in [7, 11) is 1.55. The molecule has 1 aliphatic rings. The fourth-order valence-corrected chi connectivity index (χ4v) is 4.41. The first-order valence-corrected chi connectivity index (χ1v) is 10.3. The zero-order chi connectivity index (χ0) is 19.6. The molecule has 9 heteroatoms. The van der Waals surface area contributed by atoms with Crippen molar-refractivity contribution in [1.82, 2.24) is 5.32 Å². The summed E-state index contributed by atoms with van der Waals surface area (Å²) in [5.41, 5.74) is 1.58. The highest BCUT2D eigenvalue weighted by molar-refractivity contribution is 9.10. The summed E-state index contributed by atoms with van der Waals surface area (Å²) in [6.07, 6.45) is 1.74. The highest BCUT2D eigenvalue weighted by atomic mass is 79.9. The minimum atomic E-state index is -0.210. The number of halogens is 3. The number of nitrogens with one attached hydrogen (secondary N) is 1. The fourth-order valence-electron chi connectivity index (χ4n) is 2.32. The summed E-state index contributed by atoms with van der Waals surface area (Å²) >= 11 is 21.8. The van der Waals surface area contributed by atoms with Crippen molar-refractivity contribution < 1.29 is 14.3 Å². The van der Waals surface area contributed by atoms with Crippen LogP contribution >= 0.6 is 63.1 Å². The largest absolute Gasteiger partial charge is 0.493 e. The minimum absolute atomic E-state index is 0.210. The Hall–Kier alpha value is -1.25. The van der Waals surface area contributed by atoms with E-state index in [1.807, 2.05) is 12.1 Å². The summed E-state index contributed by atoms with van der Waals surface area (Å²) in [6, 6.07) is 8.85. The number of hydrogen-bond acceptors (Lipinski definition) is 5. The third-order valence-corrected chi connectivity index (χ3v) is 5.92. The number of ether oxygens (including phenoxy) is 2. The summed E-state index contributed by atoms with van der Waals surface area (Å²) in [4.78, 5) is 12.4. The van der Waals surface area contributed by atoms with Gasteiger partial charge in [-0.05, 0) is 51.8 Å². The van der Waals surface area contributed by atoms with Gasteiger partial charge in [-0.3, -0.25) is 4.79 Å². The van der Waals surface area contributed by atoms with Crippen molar-refractivity contribution in [3.8, 4) is 11.5 Å². The number of carbonyl (C=O) groups is 1. The van der Waals surface area contributed by atoms with E-state index in [0.29, 0.717) is 35.2 Å². The predicted molar refractivity (Wildman–Crippen MR) is 118 cm³/mol. The van der Waals surface area contributed by atoms with E-state index >= 15 is 0 Å². The lowest BCUT2D eigenvalue weighted by molar-refractivity contribution is -0.115. The van der Waals surface area contributed by atoms with E-state index in [2.05, 4.69) is 21.2 Å². The van der Waals surface area contributed by atoms with Gasteiger partial charge in [0.25, 0.3) is 5.91 Å². The molecule has 27 heavy (non-hydrogen) atoms. The van der Waals surface area contributed by atoms with Gasteiger partial charge in [0, 0.05) is 15.6 Å². The molecule has 0 unspecified atom stereocenters. The molecule has 0 aliphatic carbocycles. The summed E-state index contributed by atoms with van der Waals surface area (Å²) in [6.45, 7) is 0.248. The van der Waals surface area contributed by atoms with Crippen LogP contribution in [0.5, 0.6) is 11.5 Å². The van der Waals surface area contributed by atoms with Crippen LogP contribution in [0.1, 0.15) is 11.1 Å². The van der Waals surface area contributed by atoms with Crippen LogP contribution in [-0.2, 0) is 11.4 Å². The molecule has 140 valence electrons. The Morgan fingerprint density at radius 2 is 2.07 bits per heavy atom. The van der Waals surface area contributed by atoms with Crippen LogP contribution in [0.3, 0.4) is 0 Å². The van der Waals surface area contributed by atoms with Crippen molar-refractivity contribution in [1.29, 1.82) is 0 Å². The van der Waals surface area contributed by atoms with E-state index in [1.165, 1.54) is 11.8 Å². The molecule has 1 N–H and O–H groups in total. The monoisotopic (exact) mass is 503 g/mol. The van der Waals surface area contributed by atoms with E-state index < -0.39 is 0 Å². The number of hydrogen-bond donors (Lipinski definition) is 1. The second-order valence-corrected chi connectivity index (χ2v) is 8.83. The molecule has 3 rings (SSSR count). The van der Waals surface area contributed by atoms with E-state index in [9.17, 15) is 4.79 Å². The number of rotatable bonds is 5. The second kappa shape index (κ2) is 8.84. The van der Waals surface area contributed by atoms with E-state index in [0.717, 1.165) is 11.1 Å². The van der Waals surface area contributed by atoms with Crippen LogP contribution in [0.25, 0.3) is 6.08 Å². The maximum absolute atomic E-state index is 11.8. The summed E-state index contributed by atoms with van der Waals surface area (Å²) in [5.74, 6) is 0.842. The van der Waals surface area contributed by atoms with Gasteiger partial charge in [0.15, 0.2) is 11.5 Å². The molecule has 1 amide bonds. The van der Waals surface area contributed by atoms with Gasteiger partial charge in [-0.25, -0.2) is 0 Å². The van der Waals surface area contributed by atoms with Crippen LogP contribution in [0.4, 0.5) is 0 Å². The topological polar surface area (TPSA) is 47.6 Å². The Balaban J connectivity index is 1.85. The molecule has 1 saturated heterocycles. The standard InChI is InChI=1S/C18H12BrCl2NO3S2/c1-24-14-5-9(6-15-17(23)22-18(26)27-15)4-12(19)16(14)25-8-10-2-3-11(20)7-13(10)21/h2-7H,8H2,1H3,(H,22,23,26)/b15-6-. The molecule has 0 saturated carbocycles. The van der Waals surface area contributed by atoms with Gasteiger partial charge in [0.1, 0.15) is 10.9 Å². The molecule has 1 aliphatic heterocycles. The molecule has 0 aromatic heterocycles. The second-order valence-electron chi connectivity index (χ2n) is 5.41. The summed E-state index contributed by atoms with van der Waals surface area (Å²) in [5, 5.41) is 3.68. The van der Waals surface area contributed by atoms with Crippen LogP contribution in [0, 0.1) is 0 Å². The smallest absolute Gasteiger partial charge is 0.263 e. The molecule has 2 aromatic rings. The first-order valence-electron chi connectivity index (χ1n) is 7.56. The average molecular weight is 505 g/mol. The van der Waals surface area contributed by atoms with Crippen LogP contribution in [0.15, 0.2) is 39.7 Å². The third kappa shape index (κ3) is 4.97. The maximum Gasteiger partial charge on any atom is 0.263 e. The molecule has 1 fully saturated rings. The van der Waals surface area contributed by atoms with Crippen molar-refractivity contribution >= 4 is 79.4 Å². The molecule has 0 spiro atoms. The van der Waals surface area contributed by atoms with Crippen molar-refractivity contribution in [2.45, 2.75) is 6.61 Å². The maximum atomic E-state index is 11.8. The Bertz CT molecular complexity index is 966. The van der Waals surface area contributed by atoms with E-state index in [4.69, 9.17) is 44.9 Å². The number of benzene rings is 2. The van der Waals surface area contributed by atoms with E-state index in [1.54, 1.807) is 31.4 Å². The van der Waals surface area contributed by atoms with Crippen molar-refractivity contribution in [3.05, 3.63) is 60.9 Å². The lowest BCUT2D eigenvalue weighted by atomic mass is 10.2. The minimum Gasteiger partial charge on any atom is -0.493 e. The fraction of sp³-hybridized carbons (Fsp3) is 0.111. The Kier molecular flexibility index (Phi) is 6.70. The third-order valence-electron chi connectivity index (χ3n) is 3.58. The molecule has 4 nitrogen and oxygen atoms in total. The first kappa shape index (κ1) is 20.5. The lowest BCUT2D eigenvalue weighted by Gasteiger charge is -2.14. The highest BCUT2D eigenvalue weighted by Crippen LogP contribution is 2.39. The highest BCUT2D eigenvalue weighted by Gasteiger charge is 2.22. The Morgan fingerprint density at radius 3 is 2.70 bits per heavy atom. The number of thioether (sulfide) groups is 1. The van der Waals surface area contributed by atoms with Crippen LogP contribution in [-0.4, -0.2) is 17.3 Å². The van der Waals surface area contributed by atoms with E-state index in [-0.39, 0.29) is 12.5 Å². The zero-order valence-electron chi connectivity index (χ0n) is 13.8. The lowest BCUT2D eigenvalue weighted by Crippen LogP contribution is -2.17. The number of thiocarbonyl (C=S) groups is 1. The SMILES string of the molecule is COc1cc(/C=C2\SC(=S)NC2=O)cc(Br)c1OCc1ccc(Cl)cc1Cl. The zero-order valence-corrected chi connectivity index (χ0v) is 18.6. The van der Waals surface area contributed by atoms with Gasteiger partial charge < -0.3 is 14.8 Å². The summed E-state index contributed by atoms with van der Waals surface area (Å²) < 4.78 is 12.5. The number of carbonyl (C=O) groups excluding carboxylic acids is 1. The molecule has 0 bridgehead atoms. The van der Waals surface area contributed by atoms with Crippen LogP contribution < -0.4 is 14.8 Å². The molecule has 0 atom stereocenters. The van der Waals surface area contributed by atoms with Gasteiger partial charge >= 0.3 is 0 Å². The Labute approximate surface area is 184 Å². The molecule has 1 heterocycles. The Morgan fingerprint density at radius 1 is 1.30 bits per heavy atom. The van der Waals surface area contributed by atoms with Crippen molar-refractivity contribution in [2.24, 2.45) is 0 Å².